The fourth-order valence-corrected chi connectivity index (χ4v) is 2.64. The van der Waals surface area contributed by atoms with Crippen LogP contribution in [0.15, 0.2) is 24.3 Å². The van der Waals surface area contributed by atoms with Crippen LogP contribution in [0.3, 0.4) is 0 Å². The lowest BCUT2D eigenvalue weighted by molar-refractivity contribution is -0.274. The molecule has 1 fully saturated rings. The van der Waals surface area contributed by atoms with E-state index in [0.717, 1.165) is 6.54 Å². The maximum atomic E-state index is 12.4. The van der Waals surface area contributed by atoms with Gasteiger partial charge in [0.2, 0.25) is 5.91 Å². The average molecular weight is 367 g/mol. The minimum Gasteiger partial charge on any atom is -0.405 e. The van der Waals surface area contributed by atoms with Crippen molar-refractivity contribution in [2.24, 2.45) is 5.92 Å². The van der Waals surface area contributed by atoms with Gasteiger partial charge in [0, 0.05) is 18.5 Å². The Morgan fingerprint density at radius 2 is 2.04 bits per heavy atom. The molecule has 3 atom stereocenters. The number of likely N-dealkylation sites (N-methyl/N-ethyl adjacent to an activating group) is 1. The molecule has 2 N–H and O–H groups in total. The number of nitrogens with one attached hydrogen (secondary N) is 2. The Hall–Kier alpha value is -1.47. The highest BCUT2D eigenvalue weighted by atomic mass is 35.5. The number of amides is 1. The molecular weight excluding hydrogens is 345 g/mol. The summed E-state index contributed by atoms with van der Waals surface area (Å²) in [5, 5.41) is 6.01. The average Bonchev–Trinajstić information content (AvgIpc) is 3.24. The summed E-state index contributed by atoms with van der Waals surface area (Å²) in [7, 11) is 0. The Kier molecular flexibility index (Phi) is 7.35. The Labute approximate surface area is 145 Å². The third kappa shape index (κ3) is 5.87. The molecule has 0 saturated heterocycles. The number of carbonyl (C=O) groups excluding carboxylic acids is 1. The largest absolute Gasteiger partial charge is 0.573 e. The molecule has 24 heavy (non-hydrogen) atoms. The molecule has 0 aromatic heterocycles. The first-order valence-corrected chi connectivity index (χ1v) is 7.67. The van der Waals surface area contributed by atoms with Crippen molar-refractivity contribution in [2.45, 2.75) is 38.6 Å². The van der Waals surface area contributed by atoms with E-state index in [1.165, 1.54) is 12.1 Å². The molecule has 1 aromatic carbocycles. The molecule has 136 valence electrons. The number of hydrogen-bond acceptors (Lipinski definition) is 3. The highest BCUT2D eigenvalue weighted by Crippen LogP contribution is 2.50. The summed E-state index contributed by atoms with van der Waals surface area (Å²) in [5.41, 5.74) is 0.435. The lowest BCUT2D eigenvalue weighted by atomic mass is 10.1. The van der Waals surface area contributed by atoms with Crippen molar-refractivity contribution in [3.63, 3.8) is 0 Å². The van der Waals surface area contributed by atoms with Gasteiger partial charge in [-0.3, -0.25) is 4.79 Å². The van der Waals surface area contributed by atoms with E-state index in [-0.39, 0.29) is 41.9 Å². The van der Waals surface area contributed by atoms with Gasteiger partial charge in [-0.05, 0) is 37.4 Å². The van der Waals surface area contributed by atoms with Crippen LogP contribution in [0.5, 0.6) is 5.75 Å². The molecule has 1 aliphatic carbocycles. The summed E-state index contributed by atoms with van der Waals surface area (Å²) >= 11 is 0. The number of benzene rings is 1. The van der Waals surface area contributed by atoms with Crippen molar-refractivity contribution in [3.05, 3.63) is 29.8 Å². The molecule has 1 aliphatic rings. The second-order valence-electron chi connectivity index (χ2n) is 5.74. The van der Waals surface area contributed by atoms with Crippen LogP contribution in [0.4, 0.5) is 13.2 Å². The number of para-hydroxylation sites is 1. The molecule has 2 unspecified atom stereocenters. The Balaban J connectivity index is 0.00000288. The predicted octanol–water partition coefficient (Wildman–Crippen LogP) is 3.22. The van der Waals surface area contributed by atoms with Crippen molar-refractivity contribution in [1.82, 2.24) is 10.6 Å². The molecule has 4 nitrogen and oxygen atoms in total. The van der Waals surface area contributed by atoms with Crippen molar-refractivity contribution in [3.8, 4) is 5.75 Å². The van der Waals surface area contributed by atoms with E-state index in [1.807, 2.05) is 13.8 Å². The number of rotatable bonds is 7. The first kappa shape index (κ1) is 20.6. The van der Waals surface area contributed by atoms with Gasteiger partial charge in [0.15, 0.2) is 0 Å². The van der Waals surface area contributed by atoms with Crippen LogP contribution < -0.4 is 15.4 Å². The quantitative estimate of drug-likeness (QED) is 0.779. The topological polar surface area (TPSA) is 50.4 Å². The Morgan fingerprint density at radius 1 is 1.38 bits per heavy atom. The molecule has 8 heteroatoms. The molecule has 0 aliphatic heterocycles. The van der Waals surface area contributed by atoms with Crippen LogP contribution in [-0.2, 0) is 4.79 Å². The summed E-state index contributed by atoms with van der Waals surface area (Å²) in [4.78, 5) is 12.1. The molecular formula is C16H22ClF3N2O2. The van der Waals surface area contributed by atoms with Gasteiger partial charge in [-0.2, -0.15) is 0 Å². The second-order valence-corrected chi connectivity index (χ2v) is 5.74. The third-order valence-corrected chi connectivity index (χ3v) is 3.81. The molecule has 0 heterocycles. The standard InChI is InChI=1S/C16H21F3N2O2.ClH/c1-3-20-10(2)9-21-15(22)13-8-12(13)11-6-4-5-7-14(11)23-16(17,18)19;/h4-7,10,12-13,20H,3,8-9H2,1-2H3,(H,21,22);1H/t10-,12?,13?;/m1./s1. The molecule has 0 spiro atoms. The van der Waals surface area contributed by atoms with Crippen molar-refractivity contribution in [1.29, 1.82) is 0 Å². The fraction of sp³-hybridized carbons (Fsp3) is 0.562. The first-order chi connectivity index (χ1) is 10.8. The monoisotopic (exact) mass is 366 g/mol. The number of halogens is 4. The van der Waals surface area contributed by atoms with Crippen LogP contribution in [0.25, 0.3) is 0 Å². The maximum Gasteiger partial charge on any atom is 0.573 e. The molecule has 1 saturated carbocycles. The normalized spacial score (nSPS) is 20.7. The number of carbonyl (C=O) groups is 1. The molecule has 0 radical (unpaired) electrons. The van der Waals surface area contributed by atoms with Crippen LogP contribution in [0, 0.1) is 5.92 Å². The summed E-state index contributed by atoms with van der Waals surface area (Å²) in [6.45, 7) is 5.25. The van der Waals surface area contributed by atoms with Crippen LogP contribution >= 0.6 is 12.4 Å². The van der Waals surface area contributed by atoms with Crippen LogP contribution in [0.1, 0.15) is 31.7 Å². The first-order valence-electron chi connectivity index (χ1n) is 7.67. The van der Waals surface area contributed by atoms with Crippen LogP contribution in [0.2, 0.25) is 0 Å². The molecule has 2 rings (SSSR count). The third-order valence-electron chi connectivity index (χ3n) is 3.81. The summed E-state index contributed by atoms with van der Waals surface area (Å²) in [6.07, 6.45) is -4.19. The molecule has 1 aromatic rings. The summed E-state index contributed by atoms with van der Waals surface area (Å²) in [5.74, 6) is -0.854. The SMILES string of the molecule is CCN[C@H](C)CNC(=O)C1CC1c1ccccc1OC(F)(F)F.Cl. The molecule has 0 bridgehead atoms. The fourth-order valence-electron chi connectivity index (χ4n) is 2.64. The smallest absolute Gasteiger partial charge is 0.405 e. The van der Waals surface area contributed by atoms with Crippen molar-refractivity contribution in [2.75, 3.05) is 13.1 Å². The Bertz CT molecular complexity index is 554. The van der Waals surface area contributed by atoms with Gasteiger partial charge in [-0.25, -0.2) is 0 Å². The summed E-state index contributed by atoms with van der Waals surface area (Å²) < 4.78 is 41.4. The highest BCUT2D eigenvalue weighted by molar-refractivity contribution is 5.85. The maximum absolute atomic E-state index is 12.4. The van der Waals surface area contributed by atoms with Crippen molar-refractivity contribution < 1.29 is 22.7 Å². The van der Waals surface area contributed by atoms with Gasteiger partial charge in [0.05, 0.1) is 0 Å². The van der Waals surface area contributed by atoms with Gasteiger partial charge in [0.1, 0.15) is 5.75 Å². The van der Waals surface area contributed by atoms with Crippen molar-refractivity contribution >= 4 is 18.3 Å². The summed E-state index contributed by atoms with van der Waals surface area (Å²) in [6, 6.07) is 6.16. The lowest BCUT2D eigenvalue weighted by Gasteiger charge is -2.14. The minimum atomic E-state index is -4.73. The van der Waals surface area contributed by atoms with Gasteiger partial charge in [0.25, 0.3) is 0 Å². The number of ether oxygens (including phenoxy) is 1. The van der Waals surface area contributed by atoms with E-state index in [9.17, 15) is 18.0 Å². The zero-order valence-corrected chi connectivity index (χ0v) is 14.3. The van der Waals surface area contributed by atoms with E-state index in [4.69, 9.17) is 0 Å². The minimum absolute atomic E-state index is 0. The van der Waals surface area contributed by atoms with E-state index in [2.05, 4.69) is 15.4 Å². The Morgan fingerprint density at radius 3 is 2.67 bits per heavy atom. The van der Waals surface area contributed by atoms with Gasteiger partial charge in [-0.15, -0.1) is 25.6 Å². The van der Waals surface area contributed by atoms with Crippen LogP contribution in [-0.4, -0.2) is 31.4 Å². The predicted molar refractivity (Wildman–Crippen MR) is 87.4 cm³/mol. The lowest BCUT2D eigenvalue weighted by Crippen LogP contribution is -2.39. The number of alkyl halides is 3. The second kappa shape index (κ2) is 8.58. The van der Waals surface area contributed by atoms with E-state index >= 15 is 0 Å². The zero-order chi connectivity index (χ0) is 17.0. The number of hydrogen-bond donors (Lipinski definition) is 2. The van der Waals surface area contributed by atoms with E-state index < -0.39 is 6.36 Å². The van der Waals surface area contributed by atoms with Gasteiger partial charge in [-0.1, -0.05) is 25.1 Å². The van der Waals surface area contributed by atoms with E-state index in [0.29, 0.717) is 18.5 Å². The molecule has 1 amide bonds. The zero-order valence-electron chi connectivity index (χ0n) is 13.5. The van der Waals surface area contributed by atoms with E-state index in [1.54, 1.807) is 12.1 Å². The van der Waals surface area contributed by atoms with Gasteiger partial charge < -0.3 is 15.4 Å². The highest BCUT2D eigenvalue weighted by Gasteiger charge is 2.46. The van der Waals surface area contributed by atoms with Gasteiger partial charge >= 0.3 is 6.36 Å².